The summed E-state index contributed by atoms with van der Waals surface area (Å²) in [5.41, 5.74) is 2.55. The van der Waals surface area contributed by atoms with Crippen LogP contribution in [0.2, 0.25) is 0 Å². The van der Waals surface area contributed by atoms with E-state index in [-0.39, 0.29) is 0 Å². The molecule has 2 rings (SSSR count). The Balaban J connectivity index is 2.27. The van der Waals surface area contributed by atoms with Crippen LogP contribution in [0.15, 0.2) is 6.20 Å². The molecule has 1 aliphatic rings. The van der Waals surface area contributed by atoms with Crippen molar-refractivity contribution in [2.75, 3.05) is 13.3 Å². The maximum absolute atomic E-state index is 4.63. The molecule has 1 aromatic heterocycles. The summed E-state index contributed by atoms with van der Waals surface area (Å²) in [6.07, 6.45) is 7.63. The fraction of sp³-hybridized carbons (Fsp3) is 0.636. The molecule has 1 unspecified atom stereocenters. The van der Waals surface area contributed by atoms with Crippen LogP contribution in [0, 0.1) is 0 Å². The minimum absolute atomic E-state index is 0.456. The summed E-state index contributed by atoms with van der Waals surface area (Å²) in [5, 5.41) is 3.33. The first kappa shape index (κ1) is 10.9. The first-order valence-corrected chi connectivity index (χ1v) is 6.75. The van der Waals surface area contributed by atoms with E-state index < -0.39 is 0 Å². The van der Waals surface area contributed by atoms with Gasteiger partial charge in [0.2, 0.25) is 0 Å². The zero-order valence-electron chi connectivity index (χ0n) is 9.29. The van der Waals surface area contributed by atoms with Gasteiger partial charge in [-0.2, -0.15) is 11.8 Å². The highest BCUT2D eigenvalue weighted by atomic mass is 32.2. The van der Waals surface area contributed by atoms with Gasteiger partial charge in [-0.05, 0) is 32.6 Å². The van der Waals surface area contributed by atoms with E-state index in [2.05, 4.69) is 21.5 Å². The van der Waals surface area contributed by atoms with Crippen LogP contribution >= 0.6 is 11.8 Å². The topological polar surface area (TPSA) is 37.8 Å². The van der Waals surface area contributed by atoms with E-state index in [4.69, 9.17) is 0 Å². The van der Waals surface area contributed by atoms with Crippen LogP contribution in [0.3, 0.4) is 0 Å². The molecular weight excluding hydrogens is 206 g/mol. The smallest absolute Gasteiger partial charge is 0.138 e. The summed E-state index contributed by atoms with van der Waals surface area (Å²) >= 11 is 1.77. The predicted octanol–water partition coefficient (Wildman–Crippen LogP) is 1.94. The van der Waals surface area contributed by atoms with E-state index in [1.54, 1.807) is 11.8 Å². The van der Waals surface area contributed by atoms with Gasteiger partial charge in [0, 0.05) is 23.5 Å². The second-order valence-corrected chi connectivity index (χ2v) is 4.72. The van der Waals surface area contributed by atoms with Crippen molar-refractivity contribution in [3.05, 3.63) is 23.3 Å². The highest BCUT2D eigenvalue weighted by molar-refractivity contribution is 7.97. The molecule has 0 amide bonds. The molecule has 4 heteroatoms. The number of nitrogens with one attached hydrogen (secondary N) is 1. The van der Waals surface area contributed by atoms with Crippen LogP contribution < -0.4 is 5.32 Å². The van der Waals surface area contributed by atoms with Crippen molar-refractivity contribution < 1.29 is 0 Å². The molecule has 0 saturated carbocycles. The Labute approximate surface area is 95.1 Å². The fourth-order valence-electron chi connectivity index (χ4n) is 2.09. The minimum Gasteiger partial charge on any atom is -0.313 e. The molecular formula is C11H17N3S. The third-order valence-electron chi connectivity index (χ3n) is 2.85. The summed E-state index contributed by atoms with van der Waals surface area (Å²) < 4.78 is 0. The lowest BCUT2D eigenvalue weighted by atomic mass is 9.92. The predicted molar refractivity (Wildman–Crippen MR) is 64.0 cm³/mol. The summed E-state index contributed by atoms with van der Waals surface area (Å²) in [5.74, 6) is 1.88. The summed E-state index contributed by atoms with van der Waals surface area (Å²) in [7, 11) is 2.01. The number of hydrogen-bond acceptors (Lipinski definition) is 4. The molecule has 0 radical (unpaired) electrons. The monoisotopic (exact) mass is 223 g/mol. The lowest BCUT2D eigenvalue weighted by Gasteiger charge is -2.24. The number of aryl methyl sites for hydroxylation is 1. The van der Waals surface area contributed by atoms with Gasteiger partial charge in [-0.3, -0.25) is 0 Å². The van der Waals surface area contributed by atoms with Crippen LogP contribution in [0.25, 0.3) is 0 Å². The van der Waals surface area contributed by atoms with Gasteiger partial charge in [0.25, 0.3) is 0 Å². The van der Waals surface area contributed by atoms with E-state index in [0.717, 1.165) is 18.0 Å². The Hall–Kier alpha value is -0.610. The maximum Gasteiger partial charge on any atom is 0.138 e. The summed E-state index contributed by atoms with van der Waals surface area (Å²) in [6.45, 7) is 0. The second-order valence-electron chi connectivity index (χ2n) is 3.85. The first-order valence-electron chi connectivity index (χ1n) is 5.36. The molecule has 0 aliphatic heterocycles. The zero-order valence-corrected chi connectivity index (χ0v) is 10.1. The Morgan fingerprint density at radius 2 is 2.47 bits per heavy atom. The van der Waals surface area contributed by atoms with Gasteiger partial charge < -0.3 is 5.32 Å². The number of rotatable bonds is 3. The molecule has 0 aromatic carbocycles. The Morgan fingerprint density at radius 3 is 3.20 bits per heavy atom. The molecule has 1 N–H and O–H groups in total. The van der Waals surface area contributed by atoms with Crippen LogP contribution in [-0.4, -0.2) is 23.3 Å². The zero-order chi connectivity index (χ0) is 10.7. The lowest BCUT2D eigenvalue weighted by Crippen LogP contribution is -2.23. The van der Waals surface area contributed by atoms with Crippen LogP contribution in [-0.2, 0) is 12.2 Å². The van der Waals surface area contributed by atoms with Crippen molar-refractivity contribution in [3.8, 4) is 0 Å². The molecule has 1 heterocycles. The quantitative estimate of drug-likeness (QED) is 0.850. The van der Waals surface area contributed by atoms with Gasteiger partial charge in [0.15, 0.2) is 0 Å². The van der Waals surface area contributed by atoms with Crippen molar-refractivity contribution >= 4 is 11.8 Å². The average Bonchev–Trinajstić information content (AvgIpc) is 2.28. The summed E-state index contributed by atoms with van der Waals surface area (Å²) in [4.78, 5) is 9.04. The van der Waals surface area contributed by atoms with E-state index in [0.29, 0.717) is 6.04 Å². The van der Waals surface area contributed by atoms with Crippen molar-refractivity contribution in [1.29, 1.82) is 0 Å². The molecule has 82 valence electrons. The van der Waals surface area contributed by atoms with E-state index in [9.17, 15) is 0 Å². The third-order valence-corrected chi connectivity index (χ3v) is 3.40. The normalized spacial score (nSPS) is 20.0. The Kier molecular flexibility index (Phi) is 3.59. The minimum atomic E-state index is 0.456. The molecule has 1 atom stereocenters. The highest BCUT2D eigenvalue weighted by Gasteiger charge is 2.20. The fourth-order valence-corrected chi connectivity index (χ4v) is 2.48. The number of thioether (sulfide) groups is 1. The molecule has 15 heavy (non-hydrogen) atoms. The van der Waals surface area contributed by atoms with Crippen LogP contribution in [0.4, 0.5) is 0 Å². The highest BCUT2D eigenvalue weighted by Crippen LogP contribution is 2.27. The molecule has 3 nitrogen and oxygen atoms in total. The second kappa shape index (κ2) is 4.94. The third kappa shape index (κ3) is 2.32. The van der Waals surface area contributed by atoms with Crippen LogP contribution in [0.5, 0.6) is 0 Å². The maximum atomic E-state index is 4.63. The molecule has 0 saturated heterocycles. The SMILES string of the molecule is CNC1CCCc2nc(CSC)ncc21. The number of nitrogens with zero attached hydrogens (tertiary/aromatic N) is 2. The van der Waals surface area contributed by atoms with Gasteiger partial charge >= 0.3 is 0 Å². The first-order chi connectivity index (χ1) is 7.35. The number of hydrogen-bond donors (Lipinski definition) is 1. The van der Waals surface area contributed by atoms with Gasteiger partial charge in [0.05, 0.1) is 5.75 Å². The van der Waals surface area contributed by atoms with Gasteiger partial charge in [-0.25, -0.2) is 9.97 Å². The molecule has 0 bridgehead atoms. The molecule has 1 aliphatic carbocycles. The number of aromatic nitrogens is 2. The van der Waals surface area contributed by atoms with E-state index in [1.807, 2.05) is 13.2 Å². The van der Waals surface area contributed by atoms with Gasteiger partial charge in [-0.1, -0.05) is 0 Å². The van der Waals surface area contributed by atoms with Crippen LogP contribution in [0.1, 0.15) is 36.0 Å². The Morgan fingerprint density at radius 1 is 1.60 bits per heavy atom. The Bertz CT molecular complexity index is 341. The molecule has 0 fully saturated rings. The van der Waals surface area contributed by atoms with Crippen molar-refractivity contribution in [2.45, 2.75) is 31.1 Å². The van der Waals surface area contributed by atoms with Gasteiger partial charge in [0.1, 0.15) is 5.82 Å². The molecule has 0 spiro atoms. The average molecular weight is 223 g/mol. The lowest BCUT2D eigenvalue weighted by molar-refractivity contribution is 0.486. The largest absolute Gasteiger partial charge is 0.313 e. The van der Waals surface area contributed by atoms with E-state index >= 15 is 0 Å². The number of fused-ring (bicyclic) bond motifs is 1. The van der Waals surface area contributed by atoms with E-state index in [1.165, 1.54) is 24.1 Å². The van der Waals surface area contributed by atoms with Crippen molar-refractivity contribution in [2.24, 2.45) is 0 Å². The summed E-state index contributed by atoms with van der Waals surface area (Å²) in [6, 6.07) is 0.456. The standard InChI is InChI=1S/C11H17N3S/c1-12-9-4-3-5-10-8(9)6-13-11(14-10)7-15-2/h6,9,12H,3-5,7H2,1-2H3. The molecule has 1 aromatic rings. The van der Waals surface area contributed by atoms with Gasteiger partial charge in [-0.15, -0.1) is 0 Å². The van der Waals surface area contributed by atoms with Crippen molar-refractivity contribution in [3.63, 3.8) is 0 Å². The van der Waals surface area contributed by atoms with Crippen molar-refractivity contribution in [1.82, 2.24) is 15.3 Å².